The third-order valence-corrected chi connectivity index (χ3v) is 12.4. The van der Waals surface area contributed by atoms with Gasteiger partial charge in [0.15, 0.2) is 8.07 Å². The largest absolute Gasteiger partial charge is 0.180 e. The van der Waals surface area contributed by atoms with Crippen LogP contribution in [0.4, 0.5) is 0 Å². The second kappa shape index (κ2) is 7.28. The van der Waals surface area contributed by atoms with Crippen molar-refractivity contribution >= 4 is 50.4 Å². The van der Waals surface area contributed by atoms with Gasteiger partial charge in [-0.25, -0.2) is 0 Å². The highest BCUT2D eigenvalue weighted by atomic mass is 28.3. The number of fused-ring (bicyclic) bond motifs is 7. The second-order valence-electron chi connectivity index (χ2n) is 9.40. The predicted molar refractivity (Wildman–Crippen MR) is 149 cm³/mol. The maximum Gasteiger partial charge on any atom is 0.180 e. The first-order valence-corrected chi connectivity index (χ1v) is 14.0. The maximum atomic E-state index is 2.45. The number of rotatable bonds is 2. The van der Waals surface area contributed by atoms with Crippen molar-refractivity contribution in [1.82, 2.24) is 0 Å². The van der Waals surface area contributed by atoms with Gasteiger partial charge in [-0.15, -0.1) is 0 Å². The van der Waals surface area contributed by atoms with E-state index >= 15 is 0 Å². The number of benzene rings is 6. The molecule has 0 fully saturated rings. The van der Waals surface area contributed by atoms with Gasteiger partial charge in [0.2, 0.25) is 0 Å². The molecule has 0 saturated heterocycles. The molecule has 6 aromatic rings. The molecule has 1 atom stereocenters. The van der Waals surface area contributed by atoms with Crippen molar-refractivity contribution < 1.29 is 0 Å². The topological polar surface area (TPSA) is 0 Å². The van der Waals surface area contributed by atoms with Crippen LogP contribution >= 0.6 is 0 Å². The smallest absolute Gasteiger partial charge is 0.0623 e. The molecule has 1 heteroatoms. The molecule has 0 nitrogen and oxygen atoms in total. The number of hydrogen-bond acceptors (Lipinski definition) is 0. The van der Waals surface area contributed by atoms with E-state index in [0.717, 1.165) is 0 Å². The van der Waals surface area contributed by atoms with Gasteiger partial charge in [-0.05, 0) is 60.3 Å². The molecular formula is C33H24Si. The van der Waals surface area contributed by atoms with Crippen LogP contribution in [0, 0.1) is 6.92 Å². The second-order valence-corrected chi connectivity index (χ2v) is 13.1. The quantitative estimate of drug-likeness (QED) is 0.236. The Labute approximate surface area is 201 Å². The zero-order chi connectivity index (χ0) is 22.7. The summed E-state index contributed by atoms with van der Waals surface area (Å²) in [4.78, 5) is 0. The summed E-state index contributed by atoms with van der Waals surface area (Å²) in [5, 5.41) is 11.3. The van der Waals surface area contributed by atoms with Crippen LogP contribution in [0.15, 0.2) is 127 Å². The SMILES string of the molecule is Cc1cccc([Si]2(c3ccccc3)c3ccccc3-c3c2ccc2c3ccc3ccccc32)c1. The highest BCUT2D eigenvalue weighted by Crippen LogP contribution is 2.37. The molecule has 160 valence electrons. The molecular weight excluding hydrogens is 424 g/mol. The van der Waals surface area contributed by atoms with Gasteiger partial charge in [0.1, 0.15) is 0 Å². The summed E-state index contributed by atoms with van der Waals surface area (Å²) in [7, 11) is -2.44. The lowest BCUT2D eigenvalue weighted by Gasteiger charge is -2.31. The van der Waals surface area contributed by atoms with Crippen LogP contribution in [-0.4, -0.2) is 8.07 Å². The first-order chi connectivity index (χ1) is 16.8. The summed E-state index contributed by atoms with van der Waals surface area (Å²) in [5.41, 5.74) is 4.14. The summed E-state index contributed by atoms with van der Waals surface area (Å²) in [6, 6.07) is 47.9. The minimum absolute atomic E-state index is 1.30. The third-order valence-electron chi connectivity index (χ3n) is 7.59. The van der Waals surface area contributed by atoms with Gasteiger partial charge < -0.3 is 0 Å². The predicted octanol–water partition coefficient (Wildman–Crippen LogP) is 5.66. The van der Waals surface area contributed by atoms with Crippen LogP contribution in [0.2, 0.25) is 0 Å². The molecule has 7 rings (SSSR count). The van der Waals surface area contributed by atoms with E-state index < -0.39 is 8.07 Å². The first-order valence-electron chi connectivity index (χ1n) is 12.0. The minimum Gasteiger partial charge on any atom is -0.0623 e. The highest BCUT2D eigenvalue weighted by Gasteiger charge is 2.49. The van der Waals surface area contributed by atoms with Crippen molar-refractivity contribution in [2.45, 2.75) is 6.92 Å². The lowest BCUT2D eigenvalue weighted by atomic mass is 9.95. The zero-order valence-corrected chi connectivity index (χ0v) is 20.1. The Bertz CT molecular complexity index is 1710. The van der Waals surface area contributed by atoms with E-state index in [1.165, 1.54) is 59.0 Å². The van der Waals surface area contributed by atoms with Crippen LogP contribution in [-0.2, 0) is 0 Å². The van der Waals surface area contributed by atoms with E-state index in [2.05, 4.69) is 134 Å². The fraction of sp³-hybridized carbons (Fsp3) is 0.0303. The van der Waals surface area contributed by atoms with Gasteiger partial charge in [0.05, 0.1) is 0 Å². The minimum atomic E-state index is -2.44. The normalized spacial score (nSPS) is 16.5. The van der Waals surface area contributed by atoms with E-state index in [1.54, 1.807) is 0 Å². The standard InChI is InChI=1S/C33H24Si/c1-23-10-9-14-26(22-23)34(25-12-3-2-4-13-25)31-17-8-7-16-30(31)33-29-19-18-24-11-5-6-15-27(24)28(29)20-21-32(33)34/h2-22H,1H3. The van der Waals surface area contributed by atoms with Gasteiger partial charge >= 0.3 is 0 Å². The number of hydrogen-bond donors (Lipinski definition) is 0. The van der Waals surface area contributed by atoms with Gasteiger partial charge in [0.25, 0.3) is 0 Å². The summed E-state index contributed by atoms with van der Waals surface area (Å²) in [6.45, 7) is 2.21. The molecule has 6 aromatic carbocycles. The van der Waals surface area contributed by atoms with Gasteiger partial charge in [-0.3, -0.25) is 0 Å². The molecule has 0 spiro atoms. The molecule has 0 radical (unpaired) electrons. The average Bonchev–Trinajstić information content (AvgIpc) is 3.20. The molecule has 1 heterocycles. The van der Waals surface area contributed by atoms with E-state index in [9.17, 15) is 0 Å². The lowest BCUT2D eigenvalue weighted by molar-refractivity contribution is 1.49. The number of aryl methyl sites for hydroxylation is 1. The molecule has 0 bridgehead atoms. The molecule has 34 heavy (non-hydrogen) atoms. The van der Waals surface area contributed by atoms with Crippen LogP contribution in [0.1, 0.15) is 5.56 Å². The Morgan fingerprint density at radius 3 is 2.09 bits per heavy atom. The first kappa shape index (κ1) is 19.5. The molecule has 0 amide bonds. The summed E-state index contributed by atoms with van der Waals surface area (Å²) < 4.78 is 0. The van der Waals surface area contributed by atoms with Gasteiger partial charge in [0, 0.05) is 0 Å². The zero-order valence-electron chi connectivity index (χ0n) is 19.1. The Hall–Kier alpha value is -3.94. The van der Waals surface area contributed by atoms with Crippen LogP contribution in [0.25, 0.3) is 32.7 Å². The lowest BCUT2D eigenvalue weighted by Crippen LogP contribution is -2.72. The average molecular weight is 449 g/mol. The molecule has 0 saturated carbocycles. The fourth-order valence-electron chi connectivity index (χ4n) is 6.22. The summed E-state index contributed by atoms with van der Waals surface area (Å²) in [6.07, 6.45) is 0. The van der Waals surface area contributed by atoms with Crippen molar-refractivity contribution in [1.29, 1.82) is 0 Å². The Balaban J connectivity index is 1.70. The van der Waals surface area contributed by atoms with Crippen molar-refractivity contribution in [2.75, 3.05) is 0 Å². The van der Waals surface area contributed by atoms with Crippen molar-refractivity contribution in [2.24, 2.45) is 0 Å². The van der Waals surface area contributed by atoms with Crippen LogP contribution in [0.5, 0.6) is 0 Å². The van der Waals surface area contributed by atoms with E-state index in [-0.39, 0.29) is 0 Å². The van der Waals surface area contributed by atoms with Crippen molar-refractivity contribution in [3.8, 4) is 11.1 Å². The van der Waals surface area contributed by atoms with Gasteiger partial charge in [-0.2, -0.15) is 0 Å². The molecule has 0 aliphatic carbocycles. The molecule has 1 aliphatic rings. The Morgan fingerprint density at radius 1 is 0.471 bits per heavy atom. The summed E-state index contributed by atoms with van der Waals surface area (Å²) in [5.74, 6) is 0. The highest BCUT2D eigenvalue weighted by molar-refractivity contribution is 7.22. The van der Waals surface area contributed by atoms with E-state index in [0.29, 0.717) is 0 Å². The van der Waals surface area contributed by atoms with Gasteiger partial charge in [-0.1, -0.05) is 133 Å². The Morgan fingerprint density at radius 2 is 1.21 bits per heavy atom. The summed E-state index contributed by atoms with van der Waals surface area (Å²) >= 11 is 0. The van der Waals surface area contributed by atoms with Crippen LogP contribution in [0.3, 0.4) is 0 Å². The molecule has 1 unspecified atom stereocenters. The monoisotopic (exact) mass is 448 g/mol. The molecule has 1 aliphatic heterocycles. The maximum absolute atomic E-state index is 2.45. The Kier molecular flexibility index (Phi) is 4.18. The molecule has 0 aromatic heterocycles. The van der Waals surface area contributed by atoms with Crippen LogP contribution < -0.4 is 20.7 Å². The van der Waals surface area contributed by atoms with Crippen molar-refractivity contribution in [3.05, 3.63) is 133 Å². The van der Waals surface area contributed by atoms with E-state index in [4.69, 9.17) is 0 Å². The van der Waals surface area contributed by atoms with E-state index in [1.807, 2.05) is 0 Å². The third kappa shape index (κ3) is 2.53. The fourth-order valence-corrected chi connectivity index (χ4v) is 11.5. The molecule has 0 N–H and O–H groups in total. The van der Waals surface area contributed by atoms with Crippen molar-refractivity contribution in [3.63, 3.8) is 0 Å².